The Kier molecular flexibility index (Phi) is 5.95. The van der Waals surface area contributed by atoms with Crippen molar-refractivity contribution in [3.8, 4) is 0 Å². The maximum Gasteiger partial charge on any atom is 0.246 e. The van der Waals surface area contributed by atoms with Crippen molar-refractivity contribution in [2.75, 3.05) is 13.6 Å². The zero-order valence-corrected chi connectivity index (χ0v) is 17.7. The fraction of sp³-hybridized carbons (Fsp3) is 0.579. The van der Waals surface area contributed by atoms with E-state index in [0.29, 0.717) is 17.1 Å². The van der Waals surface area contributed by atoms with Crippen LogP contribution in [-0.2, 0) is 27.9 Å². The van der Waals surface area contributed by atoms with E-state index in [0.717, 1.165) is 25.8 Å². The number of aryl methyl sites for hydroxylation is 1. The third-order valence-electron chi connectivity index (χ3n) is 5.35. The van der Waals surface area contributed by atoms with Crippen molar-refractivity contribution >= 4 is 15.9 Å². The predicted octanol–water partition coefficient (Wildman–Crippen LogP) is 2.31. The number of likely N-dealkylation sites (tertiary alicyclic amines) is 1. The van der Waals surface area contributed by atoms with Gasteiger partial charge in [0.05, 0.1) is 24.2 Å². The van der Waals surface area contributed by atoms with Crippen LogP contribution in [0.2, 0.25) is 0 Å². The van der Waals surface area contributed by atoms with E-state index in [4.69, 9.17) is 4.42 Å². The summed E-state index contributed by atoms with van der Waals surface area (Å²) in [6.45, 7) is 6.33. The third kappa shape index (κ3) is 4.00. The average Bonchev–Trinajstić information content (AvgIpc) is 3.23. The lowest BCUT2D eigenvalue weighted by atomic mass is 10.0. The van der Waals surface area contributed by atoms with E-state index in [-0.39, 0.29) is 29.9 Å². The molecule has 1 atom stereocenters. The minimum atomic E-state index is -3.76. The van der Waals surface area contributed by atoms with Gasteiger partial charge in [-0.15, -0.1) is 0 Å². The topological polar surface area (TPSA) is 88.7 Å². The molecule has 8 nitrogen and oxygen atoms in total. The van der Waals surface area contributed by atoms with Crippen LogP contribution < -0.4 is 0 Å². The molecular weight excluding hydrogens is 380 g/mol. The van der Waals surface area contributed by atoms with Crippen molar-refractivity contribution < 1.29 is 17.6 Å². The maximum absolute atomic E-state index is 13.1. The molecule has 0 spiro atoms. The van der Waals surface area contributed by atoms with Gasteiger partial charge in [-0.25, -0.2) is 8.42 Å². The van der Waals surface area contributed by atoms with E-state index in [1.807, 2.05) is 4.90 Å². The molecule has 1 aliphatic heterocycles. The molecule has 0 bridgehead atoms. The molecule has 0 unspecified atom stereocenters. The van der Waals surface area contributed by atoms with Gasteiger partial charge >= 0.3 is 0 Å². The van der Waals surface area contributed by atoms with Crippen LogP contribution in [0.4, 0.5) is 0 Å². The Balaban J connectivity index is 1.81. The van der Waals surface area contributed by atoms with Gasteiger partial charge in [0, 0.05) is 19.6 Å². The monoisotopic (exact) mass is 408 g/mol. The van der Waals surface area contributed by atoms with Crippen LogP contribution in [0.1, 0.15) is 43.3 Å². The molecule has 0 aliphatic carbocycles. The number of sulfonamides is 1. The zero-order valence-electron chi connectivity index (χ0n) is 16.9. The number of nitrogens with zero attached hydrogens (tertiary/aromatic N) is 4. The molecule has 0 radical (unpaired) electrons. The van der Waals surface area contributed by atoms with Crippen LogP contribution in [-0.4, -0.2) is 52.9 Å². The van der Waals surface area contributed by atoms with Gasteiger partial charge in [-0.1, -0.05) is 0 Å². The number of carbonyl (C=O) groups is 1. The Morgan fingerprint density at radius 3 is 2.75 bits per heavy atom. The van der Waals surface area contributed by atoms with Crippen molar-refractivity contribution in [1.29, 1.82) is 0 Å². The van der Waals surface area contributed by atoms with Gasteiger partial charge < -0.3 is 9.32 Å². The normalized spacial score (nSPS) is 18.0. The lowest BCUT2D eigenvalue weighted by Gasteiger charge is -2.33. The molecule has 1 saturated heterocycles. The number of hydrogen-bond donors (Lipinski definition) is 0. The first-order valence-corrected chi connectivity index (χ1v) is 11.0. The van der Waals surface area contributed by atoms with Crippen LogP contribution >= 0.6 is 0 Å². The van der Waals surface area contributed by atoms with E-state index in [2.05, 4.69) is 12.0 Å². The molecule has 1 amide bonds. The van der Waals surface area contributed by atoms with Crippen LogP contribution in [0, 0.1) is 13.8 Å². The summed E-state index contributed by atoms with van der Waals surface area (Å²) in [5.41, 5.74) is 0.866. The minimum Gasteiger partial charge on any atom is -0.468 e. The number of furan rings is 1. The molecular formula is C19H28N4O4S. The maximum atomic E-state index is 13.1. The van der Waals surface area contributed by atoms with Gasteiger partial charge in [0.15, 0.2) is 0 Å². The Bertz CT molecular complexity index is 934. The Labute approximate surface area is 166 Å². The van der Waals surface area contributed by atoms with Gasteiger partial charge in [-0.3, -0.25) is 9.48 Å². The fourth-order valence-electron chi connectivity index (χ4n) is 3.76. The first kappa shape index (κ1) is 20.6. The van der Waals surface area contributed by atoms with E-state index in [1.54, 1.807) is 26.0 Å². The molecule has 1 fully saturated rings. The summed E-state index contributed by atoms with van der Waals surface area (Å²) in [7, 11) is -2.25. The van der Waals surface area contributed by atoms with Gasteiger partial charge in [0.25, 0.3) is 0 Å². The van der Waals surface area contributed by atoms with Gasteiger partial charge in [0.1, 0.15) is 17.2 Å². The molecule has 28 heavy (non-hydrogen) atoms. The minimum absolute atomic E-state index is 0.0225. The summed E-state index contributed by atoms with van der Waals surface area (Å²) in [5, 5.41) is 4.36. The molecule has 2 aromatic heterocycles. The highest BCUT2D eigenvalue weighted by Crippen LogP contribution is 2.25. The fourth-order valence-corrected chi connectivity index (χ4v) is 5.26. The summed E-state index contributed by atoms with van der Waals surface area (Å²) in [6.07, 6.45) is 4.65. The number of rotatable bonds is 6. The van der Waals surface area contributed by atoms with Gasteiger partial charge in [-0.2, -0.15) is 9.40 Å². The third-order valence-corrected chi connectivity index (χ3v) is 7.41. The SMILES string of the molecule is Cc1nn(CC(=O)N2CCCC[C@@H]2C)c(C)c1S(=O)(=O)N(C)Cc1ccco1. The standard InChI is InChI=1S/C19H28N4O4S/c1-14-8-5-6-10-22(14)18(24)13-23-16(3)19(15(2)20-23)28(25,26)21(4)12-17-9-7-11-27-17/h7,9,11,14H,5-6,8,10,12-13H2,1-4H3/t14-/m0/s1. The number of piperidine rings is 1. The van der Waals surface area contributed by atoms with Crippen LogP contribution in [0.15, 0.2) is 27.7 Å². The van der Waals surface area contributed by atoms with Crippen molar-refractivity contribution in [3.05, 3.63) is 35.5 Å². The Hall–Kier alpha value is -2.13. The second-order valence-electron chi connectivity index (χ2n) is 7.43. The number of aromatic nitrogens is 2. The molecule has 1 aliphatic rings. The van der Waals surface area contributed by atoms with Crippen molar-refractivity contribution in [3.63, 3.8) is 0 Å². The van der Waals surface area contributed by atoms with Crippen LogP contribution in [0.5, 0.6) is 0 Å². The summed E-state index contributed by atoms with van der Waals surface area (Å²) >= 11 is 0. The molecule has 3 heterocycles. The number of amides is 1. The molecule has 9 heteroatoms. The molecule has 0 aromatic carbocycles. The largest absolute Gasteiger partial charge is 0.468 e. The molecule has 3 rings (SSSR count). The predicted molar refractivity (Wildman–Crippen MR) is 104 cm³/mol. The van der Waals surface area contributed by atoms with Crippen molar-refractivity contribution in [2.24, 2.45) is 0 Å². The highest BCUT2D eigenvalue weighted by atomic mass is 32.2. The zero-order chi connectivity index (χ0) is 20.5. The lowest BCUT2D eigenvalue weighted by Crippen LogP contribution is -2.43. The van der Waals surface area contributed by atoms with E-state index < -0.39 is 10.0 Å². The van der Waals surface area contributed by atoms with Crippen molar-refractivity contribution in [1.82, 2.24) is 19.0 Å². The molecule has 0 N–H and O–H groups in total. The smallest absolute Gasteiger partial charge is 0.246 e. The van der Waals surface area contributed by atoms with E-state index >= 15 is 0 Å². The first-order chi connectivity index (χ1) is 13.2. The van der Waals surface area contributed by atoms with Crippen LogP contribution in [0.3, 0.4) is 0 Å². The van der Waals surface area contributed by atoms with E-state index in [9.17, 15) is 13.2 Å². The molecule has 0 saturated carbocycles. The summed E-state index contributed by atoms with van der Waals surface area (Å²) in [4.78, 5) is 14.8. The second kappa shape index (κ2) is 8.08. The van der Waals surface area contributed by atoms with Gasteiger partial charge in [-0.05, 0) is 52.2 Å². The lowest BCUT2D eigenvalue weighted by molar-refractivity contribution is -0.135. The summed E-state index contributed by atoms with van der Waals surface area (Å²) < 4.78 is 34.2. The number of carbonyl (C=O) groups excluding carboxylic acids is 1. The molecule has 2 aromatic rings. The molecule has 154 valence electrons. The highest BCUT2D eigenvalue weighted by molar-refractivity contribution is 7.89. The first-order valence-electron chi connectivity index (χ1n) is 9.54. The summed E-state index contributed by atoms with van der Waals surface area (Å²) in [5.74, 6) is 0.536. The number of hydrogen-bond acceptors (Lipinski definition) is 5. The quantitative estimate of drug-likeness (QED) is 0.732. The highest BCUT2D eigenvalue weighted by Gasteiger charge is 2.31. The van der Waals surface area contributed by atoms with Crippen molar-refractivity contribution in [2.45, 2.75) is 64.1 Å². The van der Waals surface area contributed by atoms with Crippen LogP contribution in [0.25, 0.3) is 0 Å². The second-order valence-corrected chi connectivity index (χ2v) is 9.41. The summed E-state index contributed by atoms with van der Waals surface area (Å²) in [6, 6.07) is 3.66. The Morgan fingerprint density at radius 1 is 1.36 bits per heavy atom. The Morgan fingerprint density at radius 2 is 2.11 bits per heavy atom. The van der Waals surface area contributed by atoms with Gasteiger partial charge in [0.2, 0.25) is 15.9 Å². The average molecular weight is 409 g/mol. The van der Waals surface area contributed by atoms with E-state index in [1.165, 1.54) is 22.3 Å².